The maximum Gasteiger partial charge on any atom is 0.294 e. The van der Waals surface area contributed by atoms with Crippen LogP contribution < -0.4 is 10.6 Å². The van der Waals surface area contributed by atoms with Crippen molar-refractivity contribution in [2.75, 3.05) is 10.6 Å². The van der Waals surface area contributed by atoms with E-state index in [1.54, 1.807) is 18.2 Å². The van der Waals surface area contributed by atoms with Gasteiger partial charge in [0.1, 0.15) is 11.4 Å². The maximum atomic E-state index is 12.6. The number of ketones is 2. The van der Waals surface area contributed by atoms with Crippen LogP contribution in [0.2, 0.25) is 0 Å². The molecule has 3 N–H and O–H groups in total. The van der Waals surface area contributed by atoms with E-state index in [1.165, 1.54) is 12.1 Å². The molecule has 0 atom stereocenters. The number of para-hydroxylation sites is 1. The lowest BCUT2D eigenvalue weighted by Crippen LogP contribution is -2.13. The van der Waals surface area contributed by atoms with Crippen LogP contribution in [0.15, 0.2) is 57.6 Å². The molecular weight excluding hydrogens is 364 g/mol. The lowest BCUT2D eigenvalue weighted by atomic mass is 10.1. The van der Waals surface area contributed by atoms with E-state index in [2.05, 4.69) is 23.3 Å². The van der Waals surface area contributed by atoms with E-state index in [0.717, 1.165) is 6.07 Å². The molecular formula is C16H10N2O5S2. The maximum absolute atomic E-state index is 12.6. The number of thiol groups is 1. The number of fused-ring (bicyclic) bond motifs is 2. The Morgan fingerprint density at radius 1 is 0.920 bits per heavy atom. The van der Waals surface area contributed by atoms with E-state index in [1.807, 2.05) is 0 Å². The smallest absolute Gasteiger partial charge is 0.294 e. The molecule has 0 aliphatic carbocycles. The zero-order valence-corrected chi connectivity index (χ0v) is 14.1. The third-order valence-electron chi connectivity index (χ3n) is 4.03. The summed E-state index contributed by atoms with van der Waals surface area (Å²) in [6, 6.07) is 8.64. The van der Waals surface area contributed by atoms with Crippen LogP contribution in [0.3, 0.4) is 0 Å². The number of nitrogens with one attached hydrogen (secondary N) is 2. The third-order valence-corrected chi connectivity index (χ3v) is 5.26. The Hall–Kier alpha value is -2.62. The van der Waals surface area contributed by atoms with E-state index < -0.39 is 15.9 Å². The molecule has 126 valence electrons. The van der Waals surface area contributed by atoms with Gasteiger partial charge < -0.3 is 10.6 Å². The third kappa shape index (κ3) is 2.36. The van der Waals surface area contributed by atoms with Crippen molar-refractivity contribution in [3.8, 4) is 0 Å². The highest BCUT2D eigenvalue weighted by Crippen LogP contribution is 2.38. The number of hydrogen-bond donors (Lipinski definition) is 4. The summed E-state index contributed by atoms with van der Waals surface area (Å²) in [5, 5.41) is 5.74. The number of Topliss-reactive ketones (excluding diaryl/α,β-unsaturated/α-hetero) is 2. The van der Waals surface area contributed by atoms with Gasteiger partial charge in [-0.1, -0.05) is 6.07 Å². The molecule has 2 aromatic carbocycles. The summed E-state index contributed by atoms with van der Waals surface area (Å²) in [5.74, 6) is -0.894. The van der Waals surface area contributed by atoms with E-state index in [-0.39, 0.29) is 27.6 Å². The highest BCUT2D eigenvalue weighted by Gasteiger charge is 2.35. The molecule has 7 nitrogen and oxygen atoms in total. The molecule has 2 aliphatic heterocycles. The van der Waals surface area contributed by atoms with Gasteiger partial charge in [0.2, 0.25) is 11.6 Å². The summed E-state index contributed by atoms with van der Waals surface area (Å²) >= 11 is 4.29. The normalized spacial score (nSPS) is 18.6. The molecule has 4 rings (SSSR count). The summed E-state index contributed by atoms with van der Waals surface area (Å²) in [5.41, 5.74) is 1.44. The molecule has 0 spiro atoms. The second-order valence-corrected chi connectivity index (χ2v) is 7.44. The summed E-state index contributed by atoms with van der Waals surface area (Å²) in [7, 11) is -4.43. The highest BCUT2D eigenvalue weighted by atomic mass is 32.2. The Kier molecular flexibility index (Phi) is 3.29. The number of carbonyl (C=O) groups excluding carboxylic acids is 2. The number of rotatable bonds is 1. The van der Waals surface area contributed by atoms with Crippen LogP contribution in [-0.4, -0.2) is 24.5 Å². The van der Waals surface area contributed by atoms with Crippen LogP contribution in [0.1, 0.15) is 20.7 Å². The van der Waals surface area contributed by atoms with Crippen LogP contribution in [0.4, 0.5) is 11.4 Å². The summed E-state index contributed by atoms with van der Waals surface area (Å²) in [6.07, 6.45) is 0. The molecule has 0 saturated carbocycles. The zero-order chi connectivity index (χ0) is 17.9. The molecule has 0 bridgehead atoms. The molecule has 2 aromatic rings. The summed E-state index contributed by atoms with van der Waals surface area (Å²) in [6.45, 7) is 0. The molecule has 2 aliphatic rings. The minimum atomic E-state index is -4.43. The molecule has 0 fully saturated rings. The van der Waals surface area contributed by atoms with E-state index in [0.29, 0.717) is 21.8 Å². The Labute approximate surface area is 147 Å². The second-order valence-electron chi connectivity index (χ2n) is 5.54. The van der Waals surface area contributed by atoms with Gasteiger partial charge in [0, 0.05) is 16.0 Å². The van der Waals surface area contributed by atoms with Gasteiger partial charge in [-0.2, -0.15) is 8.42 Å². The monoisotopic (exact) mass is 374 g/mol. The molecule has 2 heterocycles. The van der Waals surface area contributed by atoms with Crippen molar-refractivity contribution in [1.82, 2.24) is 0 Å². The van der Waals surface area contributed by atoms with Gasteiger partial charge in [-0.15, -0.1) is 12.6 Å². The predicted octanol–water partition coefficient (Wildman–Crippen LogP) is 2.35. The van der Waals surface area contributed by atoms with Crippen molar-refractivity contribution < 1.29 is 22.6 Å². The SMILES string of the molecule is O=C1/C(=C2\Nc3c(S)cccc3C2=O)Nc2ccc(S(=O)(=O)O)cc21. The van der Waals surface area contributed by atoms with E-state index in [9.17, 15) is 18.0 Å². The highest BCUT2D eigenvalue weighted by molar-refractivity contribution is 7.85. The lowest BCUT2D eigenvalue weighted by Gasteiger charge is -2.04. The lowest BCUT2D eigenvalue weighted by molar-refractivity contribution is 0.101. The van der Waals surface area contributed by atoms with Gasteiger partial charge in [-0.05, 0) is 30.3 Å². The Morgan fingerprint density at radius 3 is 2.28 bits per heavy atom. The van der Waals surface area contributed by atoms with Gasteiger partial charge in [-0.3, -0.25) is 14.1 Å². The largest absolute Gasteiger partial charge is 0.350 e. The Bertz CT molecular complexity index is 1120. The van der Waals surface area contributed by atoms with Gasteiger partial charge in [0.05, 0.1) is 16.3 Å². The molecule has 0 radical (unpaired) electrons. The minimum Gasteiger partial charge on any atom is -0.350 e. The van der Waals surface area contributed by atoms with Crippen molar-refractivity contribution >= 4 is 45.7 Å². The molecule has 0 aromatic heterocycles. The van der Waals surface area contributed by atoms with Crippen molar-refractivity contribution in [1.29, 1.82) is 0 Å². The average Bonchev–Trinajstić information content (AvgIpc) is 3.06. The fourth-order valence-electron chi connectivity index (χ4n) is 2.84. The van der Waals surface area contributed by atoms with Crippen LogP contribution in [-0.2, 0) is 10.1 Å². The number of hydrogen-bond acceptors (Lipinski definition) is 7. The first-order chi connectivity index (χ1) is 11.8. The second kappa shape index (κ2) is 5.19. The van der Waals surface area contributed by atoms with Crippen molar-refractivity contribution in [3.05, 3.63) is 58.9 Å². The Balaban J connectivity index is 1.82. The topological polar surface area (TPSA) is 113 Å². The number of anilines is 2. The molecule has 0 amide bonds. The van der Waals surface area contributed by atoms with Crippen molar-refractivity contribution in [2.45, 2.75) is 9.79 Å². The average molecular weight is 374 g/mol. The number of allylic oxidation sites excluding steroid dienone is 2. The fourth-order valence-corrected chi connectivity index (χ4v) is 3.61. The number of benzene rings is 2. The zero-order valence-electron chi connectivity index (χ0n) is 12.4. The van der Waals surface area contributed by atoms with Crippen molar-refractivity contribution in [2.24, 2.45) is 0 Å². The van der Waals surface area contributed by atoms with Crippen LogP contribution in [0, 0.1) is 0 Å². The first-order valence-corrected chi connectivity index (χ1v) is 8.97. The number of carbonyl (C=O) groups is 2. The first-order valence-electron chi connectivity index (χ1n) is 7.08. The quantitative estimate of drug-likeness (QED) is 0.344. The first kappa shape index (κ1) is 15.9. The van der Waals surface area contributed by atoms with Gasteiger partial charge in [-0.25, -0.2) is 0 Å². The van der Waals surface area contributed by atoms with Crippen molar-refractivity contribution in [3.63, 3.8) is 0 Å². The molecule has 9 heteroatoms. The van der Waals surface area contributed by atoms with E-state index >= 15 is 0 Å². The standard InChI is InChI=1S/C16H10N2O5S2/c19-15-8-2-1-3-11(24)12(8)18-14(15)13-16(20)9-6-7(25(21,22)23)4-5-10(9)17-13/h1-6,17-18,24H,(H,21,22,23)/b14-13+. The van der Waals surface area contributed by atoms with Gasteiger partial charge in [0.25, 0.3) is 10.1 Å². The Morgan fingerprint density at radius 2 is 1.60 bits per heavy atom. The van der Waals surface area contributed by atoms with Gasteiger partial charge >= 0.3 is 0 Å². The fraction of sp³-hybridized carbons (Fsp3) is 0. The van der Waals surface area contributed by atoms with Crippen LogP contribution in [0.25, 0.3) is 0 Å². The minimum absolute atomic E-state index is 0.0245. The van der Waals surface area contributed by atoms with Crippen LogP contribution >= 0.6 is 12.6 Å². The van der Waals surface area contributed by atoms with Gasteiger partial charge in [0.15, 0.2) is 0 Å². The molecule has 25 heavy (non-hydrogen) atoms. The van der Waals surface area contributed by atoms with Crippen LogP contribution in [0.5, 0.6) is 0 Å². The summed E-state index contributed by atoms with van der Waals surface area (Å²) < 4.78 is 31.6. The molecule has 0 unspecified atom stereocenters. The van der Waals surface area contributed by atoms with E-state index in [4.69, 9.17) is 4.55 Å². The predicted molar refractivity (Wildman–Crippen MR) is 92.9 cm³/mol. The summed E-state index contributed by atoms with van der Waals surface area (Å²) in [4.78, 5) is 25.4. The molecule has 0 saturated heterocycles.